The van der Waals surface area contributed by atoms with Gasteiger partial charge < -0.3 is 0 Å². The second kappa shape index (κ2) is 15.2. The Bertz CT molecular complexity index is 694. The maximum atomic E-state index is 12.2. The largest absolute Gasteiger partial charge is 0.295 e. The van der Waals surface area contributed by atoms with Crippen LogP contribution in [0.15, 0.2) is 58.7 Å². The first-order valence-corrected chi connectivity index (χ1v) is 12.7. The monoisotopic (exact) mass is 424 g/mol. The predicted molar refractivity (Wildman–Crippen MR) is 138 cm³/mol. The normalized spacial score (nSPS) is 17.9. The van der Waals surface area contributed by atoms with Crippen molar-refractivity contribution < 1.29 is 4.79 Å². The van der Waals surface area contributed by atoms with Crippen LogP contribution < -0.4 is 0 Å². The molecule has 1 rings (SSSR count). The van der Waals surface area contributed by atoms with Crippen LogP contribution in [0, 0.1) is 5.41 Å². The van der Waals surface area contributed by atoms with E-state index in [9.17, 15) is 4.79 Å². The highest BCUT2D eigenvalue weighted by Crippen LogP contribution is 2.40. The average Bonchev–Trinajstić information content (AvgIpc) is 2.69. The molecule has 0 aromatic carbocycles. The van der Waals surface area contributed by atoms with Gasteiger partial charge in [0.15, 0.2) is 5.78 Å². The minimum absolute atomic E-state index is 0.260. The van der Waals surface area contributed by atoms with E-state index in [1.165, 1.54) is 80.9 Å². The highest BCUT2D eigenvalue weighted by Gasteiger charge is 2.26. The molecule has 1 heteroatoms. The molecule has 0 amide bonds. The van der Waals surface area contributed by atoms with Gasteiger partial charge in [0.2, 0.25) is 0 Å². The van der Waals surface area contributed by atoms with Crippen LogP contribution in [-0.2, 0) is 4.79 Å². The first-order valence-electron chi connectivity index (χ1n) is 12.7. The topological polar surface area (TPSA) is 17.1 Å². The van der Waals surface area contributed by atoms with Gasteiger partial charge >= 0.3 is 0 Å². The van der Waals surface area contributed by atoms with Gasteiger partial charge in [-0.2, -0.15) is 0 Å². The predicted octanol–water partition coefficient (Wildman–Crippen LogP) is 9.62. The quantitative estimate of drug-likeness (QED) is 0.154. The molecule has 1 nitrogen and oxygen atoms in total. The fourth-order valence-corrected chi connectivity index (χ4v) is 4.44. The summed E-state index contributed by atoms with van der Waals surface area (Å²) < 4.78 is 0. The van der Waals surface area contributed by atoms with Gasteiger partial charge in [-0.05, 0) is 69.1 Å². The van der Waals surface area contributed by atoms with Crippen molar-refractivity contribution in [3.05, 3.63) is 58.7 Å². The number of hydrogen-bond acceptors (Lipinski definition) is 1. The fraction of sp³-hybridized carbons (Fsp3) is 0.633. The standard InChI is InChI=1S/C30H48O/c1-7-8-9-10-11-12-13-14-20-28(31)24-26(3)18-15-17-25(2)21-22-29-27(4)19-16-23-30(29,5)6/h15,17-18,21-22,24H,7-14,16,19-20,23H2,1-6H3/b18-15+,22-21+,25-17+,26-24+. The van der Waals surface area contributed by atoms with Crippen molar-refractivity contribution in [1.82, 2.24) is 0 Å². The van der Waals surface area contributed by atoms with E-state index >= 15 is 0 Å². The van der Waals surface area contributed by atoms with E-state index in [2.05, 4.69) is 58.9 Å². The van der Waals surface area contributed by atoms with Crippen molar-refractivity contribution in [2.24, 2.45) is 5.41 Å². The van der Waals surface area contributed by atoms with Crippen molar-refractivity contribution in [2.75, 3.05) is 0 Å². The van der Waals surface area contributed by atoms with Gasteiger partial charge in [0.25, 0.3) is 0 Å². The van der Waals surface area contributed by atoms with E-state index < -0.39 is 0 Å². The van der Waals surface area contributed by atoms with Crippen LogP contribution in [0.3, 0.4) is 0 Å². The molecule has 1 aliphatic carbocycles. The van der Waals surface area contributed by atoms with Crippen LogP contribution in [0.1, 0.15) is 119 Å². The van der Waals surface area contributed by atoms with Crippen LogP contribution >= 0.6 is 0 Å². The number of carbonyl (C=O) groups excluding carboxylic acids is 1. The van der Waals surface area contributed by atoms with Gasteiger partial charge in [-0.1, -0.05) is 107 Å². The third-order valence-electron chi connectivity index (χ3n) is 6.44. The minimum Gasteiger partial charge on any atom is -0.295 e. The van der Waals surface area contributed by atoms with Crippen molar-refractivity contribution in [3.63, 3.8) is 0 Å². The Labute approximate surface area is 193 Å². The van der Waals surface area contributed by atoms with Crippen LogP contribution in [0.5, 0.6) is 0 Å². The molecule has 1 aliphatic rings. The maximum absolute atomic E-state index is 12.2. The molecule has 0 bridgehead atoms. The number of carbonyl (C=O) groups is 1. The minimum atomic E-state index is 0.260. The summed E-state index contributed by atoms with van der Waals surface area (Å²) in [4.78, 5) is 12.2. The molecule has 0 N–H and O–H groups in total. The molecule has 0 heterocycles. The van der Waals surface area contributed by atoms with E-state index in [4.69, 9.17) is 0 Å². The van der Waals surface area contributed by atoms with Crippen molar-refractivity contribution in [2.45, 2.75) is 119 Å². The first kappa shape index (κ1) is 27.4. The smallest absolute Gasteiger partial charge is 0.155 e. The summed E-state index contributed by atoms with van der Waals surface area (Å²) in [6.45, 7) is 13.4. The van der Waals surface area contributed by atoms with E-state index in [0.717, 1.165) is 12.0 Å². The molecule has 0 unspecified atom stereocenters. The lowest BCUT2D eigenvalue weighted by molar-refractivity contribution is -0.114. The summed E-state index contributed by atoms with van der Waals surface area (Å²) in [6.07, 6.45) is 27.2. The number of unbranched alkanes of at least 4 members (excludes halogenated alkanes) is 7. The summed E-state index contributed by atoms with van der Waals surface area (Å²) in [5, 5.41) is 0. The molecular formula is C30H48O. The van der Waals surface area contributed by atoms with Crippen LogP contribution in [-0.4, -0.2) is 5.78 Å². The molecule has 0 aromatic rings. The van der Waals surface area contributed by atoms with Gasteiger partial charge in [0.1, 0.15) is 0 Å². The SMILES string of the molecule is CCCCCCCCCCC(=O)/C=C(C)/C=C/C=C(C)/C=C/C1=C(C)CCCC1(C)C. The zero-order valence-corrected chi connectivity index (χ0v) is 21.4. The second-order valence-electron chi connectivity index (χ2n) is 10.1. The Kier molecular flexibility index (Phi) is 13.5. The van der Waals surface area contributed by atoms with Gasteiger partial charge in [0.05, 0.1) is 0 Å². The molecule has 0 radical (unpaired) electrons. The lowest BCUT2D eigenvalue weighted by atomic mass is 9.72. The van der Waals surface area contributed by atoms with Crippen molar-refractivity contribution in [1.29, 1.82) is 0 Å². The molecule has 0 spiro atoms. The second-order valence-corrected chi connectivity index (χ2v) is 10.1. The summed E-state index contributed by atoms with van der Waals surface area (Å²) in [5.41, 5.74) is 5.58. The molecule has 0 aliphatic heterocycles. The molecule has 174 valence electrons. The highest BCUT2D eigenvalue weighted by molar-refractivity contribution is 5.90. The summed E-state index contributed by atoms with van der Waals surface area (Å²) >= 11 is 0. The van der Waals surface area contributed by atoms with Gasteiger partial charge in [-0.3, -0.25) is 4.79 Å². The van der Waals surface area contributed by atoms with Crippen LogP contribution in [0.4, 0.5) is 0 Å². The van der Waals surface area contributed by atoms with E-state index in [1.54, 1.807) is 6.08 Å². The maximum Gasteiger partial charge on any atom is 0.155 e. The van der Waals surface area contributed by atoms with Crippen LogP contribution in [0.2, 0.25) is 0 Å². The molecule has 0 aromatic heterocycles. The van der Waals surface area contributed by atoms with Crippen molar-refractivity contribution in [3.8, 4) is 0 Å². The summed E-state index contributed by atoms with van der Waals surface area (Å²) in [5.74, 6) is 0.260. The fourth-order valence-electron chi connectivity index (χ4n) is 4.44. The Morgan fingerprint density at radius 1 is 0.935 bits per heavy atom. The number of allylic oxidation sites excluding steroid dienone is 10. The van der Waals surface area contributed by atoms with E-state index in [0.29, 0.717) is 6.42 Å². The Balaban J connectivity index is 2.40. The lowest BCUT2D eigenvalue weighted by Gasteiger charge is -2.32. The molecule has 0 atom stereocenters. The third kappa shape index (κ3) is 12.1. The van der Waals surface area contributed by atoms with Crippen molar-refractivity contribution >= 4 is 5.78 Å². The van der Waals surface area contributed by atoms with Gasteiger partial charge in [-0.15, -0.1) is 0 Å². The first-order chi connectivity index (χ1) is 14.8. The van der Waals surface area contributed by atoms with Gasteiger partial charge in [0, 0.05) is 6.42 Å². The number of rotatable bonds is 14. The molecule has 0 fully saturated rings. The average molecular weight is 425 g/mol. The van der Waals surface area contributed by atoms with Crippen LogP contribution in [0.25, 0.3) is 0 Å². The Morgan fingerprint density at radius 3 is 2.23 bits per heavy atom. The van der Waals surface area contributed by atoms with Gasteiger partial charge in [-0.25, -0.2) is 0 Å². The Morgan fingerprint density at radius 2 is 1.58 bits per heavy atom. The summed E-state index contributed by atoms with van der Waals surface area (Å²) in [7, 11) is 0. The number of ketones is 1. The molecule has 0 saturated carbocycles. The Hall–Kier alpha value is -1.63. The highest BCUT2D eigenvalue weighted by atomic mass is 16.1. The van der Waals surface area contributed by atoms with E-state index in [-0.39, 0.29) is 11.2 Å². The molecular weight excluding hydrogens is 376 g/mol. The third-order valence-corrected chi connectivity index (χ3v) is 6.44. The number of hydrogen-bond donors (Lipinski definition) is 0. The molecule has 31 heavy (non-hydrogen) atoms. The zero-order chi connectivity index (χ0) is 23.1. The lowest BCUT2D eigenvalue weighted by Crippen LogP contribution is -2.19. The summed E-state index contributed by atoms with van der Waals surface area (Å²) in [6, 6.07) is 0. The molecule has 0 saturated heterocycles. The zero-order valence-electron chi connectivity index (χ0n) is 21.4. The van der Waals surface area contributed by atoms with E-state index in [1.807, 2.05) is 13.0 Å².